The van der Waals surface area contributed by atoms with Crippen LogP contribution < -0.4 is 4.90 Å². The zero-order chi connectivity index (χ0) is 7.98. The maximum absolute atomic E-state index is 2.29. The zero-order valence-corrected chi connectivity index (χ0v) is 7.91. The molecule has 0 heterocycles. The number of unbranched alkanes of at least 4 members (excludes halogenated alkanes) is 1. The summed E-state index contributed by atoms with van der Waals surface area (Å²) in [5, 5.41) is 0. The lowest BCUT2D eigenvalue weighted by Gasteiger charge is -2.15. The van der Waals surface area contributed by atoms with Gasteiger partial charge in [-0.15, -0.1) is 0 Å². The molecule has 0 bridgehead atoms. The molecule has 0 spiro atoms. The molecule has 1 atom stereocenters. The average molecular weight is 144 g/mol. The van der Waals surface area contributed by atoms with Crippen LogP contribution >= 0.6 is 0 Å². The van der Waals surface area contributed by atoms with Gasteiger partial charge in [-0.1, -0.05) is 27.2 Å². The maximum Gasteiger partial charge on any atom is 0.0792 e. The van der Waals surface area contributed by atoms with E-state index in [1.54, 1.807) is 4.90 Å². The first-order valence-electron chi connectivity index (χ1n) is 4.48. The Bertz CT molecular complexity index is 69.1. The number of hydrogen-bond acceptors (Lipinski definition) is 0. The van der Waals surface area contributed by atoms with E-state index in [9.17, 15) is 0 Å². The van der Waals surface area contributed by atoms with E-state index in [-0.39, 0.29) is 0 Å². The number of rotatable bonds is 5. The van der Waals surface area contributed by atoms with Crippen LogP contribution in [0.4, 0.5) is 0 Å². The Kier molecular flexibility index (Phi) is 5.70. The highest BCUT2D eigenvalue weighted by molar-refractivity contribution is 4.37. The van der Waals surface area contributed by atoms with Crippen molar-refractivity contribution in [3.8, 4) is 0 Å². The highest BCUT2D eigenvalue weighted by Gasteiger charge is 2.02. The molecule has 0 saturated carbocycles. The van der Waals surface area contributed by atoms with Gasteiger partial charge in [0.05, 0.1) is 20.1 Å². The van der Waals surface area contributed by atoms with Gasteiger partial charge in [-0.2, -0.15) is 0 Å². The standard InChI is InChI=1S/C9H21N/c1-5-6-7-10(4)8-9(2)3/h9H,5-8H2,1-4H3/p+1. The van der Waals surface area contributed by atoms with E-state index in [2.05, 4.69) is 27.8 Å². The Morgan fingerprint density at radius 2 is 1.90 bits per heavy atom. The summed E-state index contributed by atoms with van der Waals surface area (Å²) < 4.78 is 0. The molecule has 0 aliphatic carbocycles. The molecular weight excluding hydrogens is 122 g/mol. The summed E-state index contributed by atoms with van der Waals surface area (Å²) in [5.74, 6) is 0.844. The van der Waals surface area contributed by atoms with E-state index in [1.807, 2.05) is 0 Å². The SMILES string of the molecule is CCCC[NH+](C)CC(C)C. The van der Waals surface area contributed by atoms with Gasteiger partial charge in [-0.05, 0) is 6.42 Å². The summed E-state index contributed by atoms with van der Waals surface area (Å²) in [4.78, 5) is 1.68. The molecule has 1 N–H and O–H groups in total. The molecule has 0 aliphatic heterocycles. The third-order valence-corrected chi connectivity index (χ3v) is 1.71. The predicted octanol–water partition coefficient (Wildman–Crippen LogP) is 0.957. The monoisotopic (exact) mass is 144 g/mol. The van der Waals surface area contributed by atoms with Gasteiger partial charge in [-0.25, -0.2) is 0 Å². The Labute approximate surface area is 65.4 Å². The summed E-state index contributed by atoms with van der Waals surface area (Å²) >= 11 is 0. The maximum atomic E-state index is 2.29. The Morgan fingerprint density at radius 3 is 2.30 bits per heavy atom. The fraction of sp³-hybridized carbons (Fsp3) is 1.00. The molecular formula is C9H22N+. The van der Waals surface area contributed by atoms with E-state index in [1.165, 1.54) is 25.9 Å². The fourth-order valence-electron chi connectivity index (χ4n) is 1.28. The van der Waals surface area contributed by atoms with E-state index in [4.69, 9.17) is 0 Å². The summed E-state index contributed by atoms with van der Waals surface area (Å²) in [7, 11) is 2.29. The van der Waals surface area contributed by atoms with Crippen LogP contribution in [0.2, 0.25) is 0 Å². The quantitative estimate of drug-likeness (QED) is 0.586. The molecule has 0 saturated heterocycles. The van der Waals surface area contributed by atoms with E-state index >= 15 is 0 Å². The normalized spacial score (nSPS) is 14.1. The average Bonchev–Trinajstić information content (AvgIpc) is 1.82. The molecule has 0 rings (SSSR count). The van der Waals surface area contributed by atoms with Gasteiger partial charge in [0, 0.05) is 5.92 Å². The van der Waals surface area contributed by atoms with Crippen LogP contribution in [0.15, 0.2) is 0 Å². The third-order valence-electron chi connectivity index (χ3n) is 1.71. The molecule has 0 amide bonds. The van der Waals surface area contributed by atoms with Gasteiger partial charge in [0.1, 0.15) is 0 Å². The Balaban J connectivity index is 3.16. The zero-order valence-electron chi connectivity index (χ0n) is 7.91. The second-order valence-corrected chi connectivity index (χ2v) is 3.66. The van der Waals surface area contributed by atoms with Gasteiger partial charge in [0.25, 0.3) is 0 Å². The lowest BCUT2D eigenvalue weighted by molar-refractivity contribution is -0.883. The highest BCUT2D eigenvalue weighted by Crippen LogP contribution is 1.84. The lowest BCUT2D eigenvalue weighted by atomic mass is 10.2. The lowest BCUT2D eigenvalue weighted by Crippen LogP contribution is -3.09. The molecule has 0 aromatic rings. The molecule has 1 unspecified atom stereocenters. The number of quaternary nitrogens is 1. The van der Waals surface area contributed by atoms with Gasteiger partial charge in [-0.3, -0.25) is 0 Å². The Morgan fingerprint density at radius 1 is 1.30 bits per heavy atom. The summed E-state index contributed by atoms with van der Waals surface area (Å²) in [5.41, 5.74) is 0. The van der Waals surface area contributed by atoms with Crippen molar-refractivity contribution in [2.75, 3.05) is 20.1 Å². The van der Waals surface area contributed by atoms with Crippen molar-refractivity contribution in [3.05, 3.63) is 0 Å². The van der Waals surface area contributed by atoms with Gasteiger partial charge in [0.2, 0.25) is 0 Å². The van der Waals surface area contributed by atoms with Crippen LogP contribution in [0.5, 0.6) is 0 Å². The molecule has 0 aromatic heterocycles. The number of nitrogens with one attached hydrogen (secondary N) is 1. The van der Waals surface area contributed by atoms with Crippen LogP contribution in [-0.2, 0) is 0 Å². The van der Waals surface area contributed by atoms with Crippen LogP contribution in [0.25, 0.3) is 0 Å². The first-order chi connectivity index (χ1) is 4.66. The van der Waals surface area contributed by atoms with Crippen molar-refractivity contribution < 1.29 is 4.90 Å². The first-order valence-corrected chi connectivity index (χ1v) is 4.48. The van der Waals surface area contributed by atoms with Crippen LogP contribution in [0, 0.1) is 5.92 Å². The van der Waals surface area contributed by atoms with Gasteiger partial charge in [0.15, 0.2) is 0 Å². The van der Waals surface area contributed by atoms with Crippen molar-refractivity contribution in [1.29, 1.82) is 0 Å². The highest BCUT2D eigenvalue weighted by atomic mass is 15.1. The number of hydrogen-bond donors (Lipinski definition) is 1. The van der Waals surface area contributed by atoms with E-state index < -0.39 is 0 Å². The summed E-state index contributed by atoms with van der Waals surface area (Å²) in [6.45, 7) is 9.49. The second-order valence-electron chi connectivity index (χ2n) is 3.66. The van der Waals surface area contributed by atoms with Crippen molar-refractivity contribution in [1.82, 2.24) is 0 Å². The summed E-state index contributed by atoms with van der Waals surface area (Å²) in [6.07, 6.45) is 2.70. The minimum Gasteiger partial charge on any atom is -0.337 e. The van der Waals surface area contributed by atoms with Crippen molar-refractivity contribution in [3.63, 3.8) is 0 Å². The molecule has 0 fully saturated rings. The van der Waals surface area contributed by atoms with Crippen LogP contribution in [-0.4, -0.2) is 20.1 Å². The van der Waals surface area contributed by atoms with Gasteiger partial charge < -0.3 is 4.90 Å². The topological polar surface area (TPSA) is 4.44 Å². The first kappa shape index (κ1) is 9.96. The van der Waals surface area contributed by atoms with Crippen LogP contribution in [0.3, 0.4) is 0 Å². The third kappa shape index (κ3) is 6.09. The largest absolute Gasteiger partial charge is 0.337 e. The molecule has 10 heavy (non-hydrogen) atoms. The summed E-state index contributed by atoms with van der Waals surface area (Å²) in [6, 6.07) is 0. The molecule has 0 aromatic carbocycles. The molecule has 62 valence electrons. The predicted molar refractivity (Wildman–Crippen MR) is 46.4 cm³/mol. The van der Waals surface area contributed by atoms with Gasteiger partial charge >= 0.3 is 0 Å². The van der Waals surface area contributed by atoms with E-state index in [0.29, 0.717) is 0 Å². The minimum atomic E-state index is 0.844. The molecule has 0 radical (unpaired) electrons. The van der Waals surface area contributed by atoms with Crippen molar-refractivity contribution in [2.45, 2.75) is 33.6 Å². The minimum absolute atomic E-state index is 0.844. The van der Waals surface area contributed by atoms with Crippen molar-refractivity contribution in [2.24, 2.45) is 5.92 Å². The smallest absolute Gasteiger partial charge is 0.0792 e. The van der Waals surface area contributed by atoms with E-state index in [0.717, 1.165) is 5.92 Å². The Hall–Kier alpha value is -0.0400. The van der Waals surface area contributed by atoms with Crippen LogP contribution in [0.1, 0.15) is 33.6 Å². The molecule has 1 nitrogen and oxygen atoms in total. The molecule has 0 aliphatic rings. The van der Waals surface area contributed by atoms with Crippen molar-refractivity contribution >= 4 is 0 Å². The molecule has 1 heteroatoms. The second kappa shape index (κ2) is 5.72. The fourth-order valence-corrected chi connectivity index (χ4v) is 1.28.